The van der Waals surface area contributed by atoms with Gasteiger partial charge in [0.1, 0.15) is 5.75 Å². The number of hydrogen-bond acceptors (Lipinski definition) is 3. The highest BCUT2D eigenvalue weighted by Crippen LogP contribution is 2.21. The maximum absolute atomic E-state index is 5.74. The van der Waals surface area contributed by atoms with Crippen molar-refractivity contribution in [3.63, 3.8) is 0 Å². The molecule has 19 heavy (non-hydrogen) atoms. The Kier molecular flexibility index (Phi) is 6.18. The van der Waals surface area contributed by atoms with Gasteiger partial charge >= 0.3 is 0 Å². The molecule has 0 spiro atoms. The van der Waals surface area contributed by atoms with Gasteiger partial charge in [-0.1, -0.05) is 38.3 Å². The van der Waals surface area contributed by atoms with Gasteiger partial charge in [-0.25, -0.2) is 0 Å². The van der Waals surface area contributed by atoms with E-state index < -0.39 is 0 Å². The van der Waals surface area contributed by atoms with E-state index >= 15 is 0 Å². The van der Waals surface area contributed by atoms with Gasteiger partial charge in [0, 0.05) is 13.1 Å². The molecular formula is C16H25NO2. The SMILES string of the molecule is CCCCCCOc1ccc([C@@H]2CNCCO2)cc1. The van der Waals surface area contributed by atoms with Gasteiger partial charge in [0.15, 0.2) is 0 Å². The van der Waals surface area contributed by atoms with E-state index in [0.29, 0.717) is 0 Å². The van der Waals surface area contributed by atoms with Gasteiger partial charge in [-0.2, -0.15) is 0 Å². The molecule has 0 saturated carbocycles. The second-order valence-electron chi connectivity index (χ2n) is 5.04. The Morgan fingerprint density at radius 2 is 2.05 bits per heavy atom. The molecule has 1 saturated heterocycles. The summed E-state index contributed by atoms with van der Waals surface area (Å²) in [7, 11) is 0. The minimum absolute atomic E-state index is 0.187. The van der Waals surface area contributed by atoms with E-state index in [1.807, 2.05) is 12.1 Å². The Morgan fingerprint density at radius 1 is 1.21 bits per heavy atom. The van der Waals surface area contributed by atoms with Gasteiger partial charge in [0.25, 0.3) is 0 Å². The molecule has 0 aliphatic carbocycles. The normalized spacial score (nSPS) is 19.3. The van der Waals surface area contributed by atoms with Crippen LogP contribution in [0, 0.1) is 0 Å². The summed E-state index contributed by atoms with van der Waals surface area (Å²) in [6.45, 7) is 5.69. The van der Waals surface area contributed by atoms with Crippen LogP contribution in [-0.2, 0) is 4.74 Å². The van der Waals surface area contributed by atoms with Crippen LogP contribution < -0.4 is 10.1 Å². The predicted molar refractivity (Wildman–Crippen MR) is 77.6 cm³/mol. The van der Waals surface area contributed by atoms with Crippen LogP contribution >= 0.6 is 0 Å². The zero-order valence-electron chi connectivity index (χ0n) is 11.9. The molecule has 106 valence electrons. The van der Waals surface area contributed by atoms with Gasteiger partial charge in [0.2, 0.25) is 0 Å². The first-order valence-corrected chi connectivity index (χ1v) is 7.45. The van der Waals surface area contributed by atoms with Gasteiger partial charge in [-0.15, -0.1) is 0 Å². The molecule has 1 aromatic rings. The zero-order valence-corrected chi connectivity index (χ0v) is 11.9. The van der Waals surface area contributed by atoms with E-state index in [1.165, 1.54) is 24.8 Å². The van der Waals surface area contributed by atoms with E-state index in [1.54, 1.807) is 0 Å². The Morgan fingerprint density at radius 3 is 2.74 bits per heavy atom. The molecule has 1 atom stereocenters. The van der Waals surface area contributed by atoms with Crippen LogP contribution in [0.1, 0.15) is 44.3 Å². The highest BCUT2D eigenvalue weighted by atomic mass is 16.5. The second-order valence-corrected chi connectivity index (χ2v) is 5.04. The lowest BCUT2D eigenvalue weighted by molar-refractivity contribution is 0.0277. The number of nitrogens with one attached hydrogen (secondary N) is 1. The van der Waals surface area contributed by atoms with Crippen LogP contribution in [0.4, 0.5) is 0 Å². The summed E-state index contributed by atoms with van der Waals surface area (Å²) in [5.74, 6) is 0.962. The minimum Gasteiger partial charge on any atom is -0.494 e. The average Bonchev–Trinajstić information content (AvgIpc) is 2.49. The van der Waals surface area contributed by atoms with Crippen LogP contribution in [0.2, 0.25) is 0 Å². The van der Waals surface area contributed by atoms with Gasteiger partial charge in [-0.05, 0) is 24.1 Å². The summed E-state index contributed by atoms with van der Waals surface area (Å²) in [5, 5.41) is 3.35. The van der Waals surface area contributed by atoms with E-state index in [2.05, 4.69) is 24.4 Å². The molecule has 1 aliphatic rings. The summed E-state index contributed by atoms with van der Waals surface area (Å²) in [6, 6.07) is 8.32. The van der Waals surface area contributed by atoms with E-state index in [-0.39, 0.29) is 6.10 Å². The van der Waals surface area contributed by atoms with Crippen LogP contribution in [0.3, 0.4) is 0 Å². The van der Waals surface area contributed by atoms with Crippen molar-refractivity contribution in [1.82, 2.24) is 5.32 Å². The molecule has 0 amide bonds. The molecular weight excluding hydrogens is 238 g/mol. The average molecular weight is 263 g/mol. The third-order valence-electron chi connectivity index (χ3n) is 3.45. The minimum atomic E-state index is 0.187. The van der Waals surface area contributed by atoms with Crippen LogP contribution in [-0.4, -0.2) is 26.3 Å². The lowest BCUT2D eigenvalue weighted by atomic mass is 10.1. The number of rotatable bonds is 7. The smallest absolute Gasteiger partial charge is 0.119 e. The first kappa shape index (κ1) is 14.4. The molecule has 1 fully saturated rings. The zero-order chi connectivity index (χ0) is 13.3. The molecule has 1 N–H and O–H groups in total. The Balaban J connectivity index is 1.74. The fourth-order valence-corrected chi connectivity index (χ4v) is 2.28. The molecule has 1 aliphatic heterocycles. The number of benzene rings is 1. The number of morpholine rings is 1. The van der Waals surface area contributed by atoms with Crippen molar-refractivity contribution >= 4 is 0 Å². The van der Waals surface area contributed by atoms with Crippen LogP contribution in [0.5, 0.6) is 5.75 Å². The van der Waals surface area contributed by atoms with E-state index in [9.17, 15) is 0 Å². The van der Waals surface area contributed by atoms with Crippen LogP contribution in [0.15, 0.2) is 24.3 Å². The van der Waals surface area contributed by atoms with Crippen molar-refractivity contribution < 1.29 is 9.47 Å². The molecule has 3 heteroatoms. The Hall–Kier alpha value is -1.06. The van der Waals surface area contributed by atoms with Crippen molar-refractivity contribution in [3.05, 3.63) is 29.8 Å². The number of hydrogen-bond donors (Lipinski definition) is 1. The largest absolute Gasteiger partial charge is 0.494 e. The maximum Gasteiger partial charge on any atom is 0.119 e. The first-order valence-electron chi connectivity index (χ1n) is 7.45. The maximum atomic E-state index is 5.74. The molecule has 3 nitrogen and oxygen atoms in total. The topological polar surface area (TPSA) is 30.5 Å². The van der Waals surface area contributed by atoms with Gasteiger partial charge in [-0.3, -0.25) is 0 Å². The molecule has 0 bridgehead atoms. The van der Waals surface area contributed by atoms with Crippen molar-refractivity contribution in [2.24, 2.45) is 0 Å². The van der Waals surface area contributed by atoms with Crippen molar-refractivity contribution in [2.45, 2.75) is 38.7 Å². The lowest BCUT2D eigenvalue weighted by Gasteiger charge is -2.24. The van der Waals surface area contributed by atoms with Crippen molar-refractivity contribution in [3.8, 4) is 5.75 Å². The molecule has 0 unspecified atom stereocenters. The molecule has 1 aromatic carbocycles. The Labute approximate surface area is 116 Å². The fourth-order valence-electron chi connectivity index (χ4n) is 2.28. The van der Waals surface area contributed by atoms with Gasteiger partial charge in [0.05, 0.1) is 19.3 Å². The molecule has 1 heterocycles. The predicted octanol–water partition coefficient (Wildman–Crippen LogP) is 3.31. The number of ether oxygens (including phenoxy) is 2. The van der Waals surface area contributed by atoms with Gasteiger partial charge < -0.3 is 14.8 Å². The summed E-state index contributed by atoms with van der Waals surface area (Å²) in [4.78, 5) is 0. The third kappa shape index (κ3) is 4.84. The summed E-state index contributed by atoms with van der Waals surface area (Å²) in [6.07, 6.45) is 5.16. The summed E-state index contributed by atoms with van der Waals surface area (Å²) >= 11 is 0. The Bertz CT molecular complexity index is 344. The van der Waals surface area contributed by atoms with Crippen molar-refractivity contribution in [1.29, 1.82) is 0 Å². The highest BCUT2D eigenvalue weighted by molar-refractivity contribution is 5.29. The van der Waals surface area contributed by atoms with Crippen molar-refractivity contribution in [2.75, 3.05) is 26.3 Å². The molecule has 0 aromatic heterocycles. The standard InChI is InChI=1S/C16H25NO2/c1-2-3-4-5-11-18-15-8-6-14(7-9-15)16-13-17-10-12-19-16/h6-9,16-17H,2-5,10-13H2,1H3/t16-/m0/s1. The lowest BCUT2D eigenvalue weighted by Crippen LogP contribution is -2.33. The highest BCUT2D eigenvalue weighted by Gasteiger charge is 2.15. The second kappa shape index (κ2) is 8.18. The van der Waals surface area contributed by atoms with Crippen LogP contribution in [0.25, 0.3) is 0 Å². The van der Waals surface area contributed by atoms with E-state index in [0.717, 1.165) is 38.5 Å². The molecule has 0 radical (unpaired) electrons. The quantitative estimate of drug-likeness (QED) is 0.766. The molecule has 2 rings (SSSR count). The summed E-state index contributed by atoms with van der Waals surface area (Å²) in [5.41, 5.74) is 1.23. The third-order valence-corrected chi connectivity index (χ3v) is 3.45. The summed E-state index contributed by atoms with van der Waals surface area (Å²) < 4.78 is 11.5. The monoisotopic (exact) mass is 263 g/mol. The van der Waals surface area contributed by atoms with E-state index in [4.69, 9.17) is 9.47 Å². The first-order chi connectivity index (χ1) is 9.40. The fraction of sp³-hybridized carbons (Fsp3) is 0.625. The number of unbranched alkanes of at least 4 members (excludes halogenated alkanes) is 3.